The van der Waals surface area contributed by atoms with Gasteiger partial charge in [-0.25, -0.2) is 4.98 Å². The molecule has 4 rings (SSSR count). The van der Waals surface area contributed by atoms with Gasteiger partial charge in [-0.15, -0.1) is 0 Å². The molecule has 0 bridgehead atoms. The van der Waals surface area contributed by atoms with E-state index >= 15 is 0 Å². The molecule has 0 spiro atoms. The van der Waals surface area contributed by atoms with E-state index in [9.17, 15) is 4.79 Å². The minimum absolute atomic E-state index is 0.00282. The van der Waals surface area contributed by atoms with Gasteiger partial charge in [0.25, 0.3) is 0 Å². The molecule has 0 radical (unpaired) electrons. The van der Waals surface area contributed by atoms with Crippen LogP contribution in [0.2, 0.25) is 0 Å². The first-order chi connectivity index (χ1) is 13.0. The predicted molar refractivity (Wildman–Crippen MR) is 105 cm³/mol. The third-order valence-corrected chi connectivity index (χ3v) is 6.00. The van der Waals surface area contributed by atoms with E-state index in [2.05, 4.69) is 21.8 Å². The number of nitrogens with zero attached hydrogens (tertiary/aromatic N) is 2. The smallest absolute Gasteiger partial charge is 0.230 e. The van der Waals surface area contributed by atoms with Gasteiger partial charge in [0.1, 0.15) is 13.2 Å². The van der Waals surface area contributed by atoms with Crippen molar-refractivity contribution in [1.82, 2.24) is 14.9 Å². The quantitative estimate of drug-likeness (QED) is 0.768. The number of hydrogen-bond acceptors (Lipinski definition) is 5. The van der Waals surface area contributed by atoms with E-state index in [0.717, 1.165) is 27.9 Å². The molecule has 2 heterocycles. The van der Waals surface area contributed by atoms with Crippen molar-refractivity contribution in [3.8, 4) is 11.5 Å². The minimum atomic E-state index is -0.0967. The Hall–Kier alpha value is -2.15. The van der Waals surface area contributed by atoms with E-state index in [1.54, 1.807) is 0 Å². The minimum Gasteiger partial charge on any atom is -0.486 e. The third kappa shape index (κ3) is 3.93. The Morgan fingerprint density at radius 2 is 2.04 bits per heavy atom. The van der Waals surface area contributed by atoms with Crippen LogP contribution in [0.1, 0.15) is 48.8 Å². The number of aromatic nitrogens is 2. The Kier molecular flexibility index (Phi) is 5.04. The lowest BCUT2D eigenvalue weighted by Crippen LogP contribution is -2.28. The number of rotatable bonds is 6. The molecule has 1 unspecified atom stereocenters. The normalized spacial score (nSPS) is 16.9. The first kappa shape index (κ1) is 18.2. The van der Waals surface area contributed by atoms with Crippen LogP contribution in [0.4, 0.5) is 0 Å². The molecule has 1 aromatic carbocycles. The van der Waals surface area contributed by atoms with Gasteiger partial charge >= 0.3 is 0 Å². The number of ether oxygens (including phenoxy) is 2. The summed E-state index contributed by atoms with van der Waals surface area (Å²) in [7, 11) is 0. The topological polar surface area (TPSA) is 65.4 Å². The molecule has 1 amide bonds. The SMILES string of the molecule is Cc1nc(SCC(=O)NC(C)c2ccc3c(c2)OCCO3)n(C2CC2)c1C. The summed E-state index contributed by atoms with van der Waals surface area (Å²) in [5.74, 6) is 1.86. The van der Waals surface area contributed by atoms with Crippen LogP contribution < -0.4 is 14.8 Å². The van der Waals surface area contributed by atoms with Gasteiger partial charge in [-0.2, -0.15) is 0 Å². The Balaban J connectivity index is 1.36. The molecule has 1 atom stereocenters. The lowest BCUT2D eigenvalue weighted by atomic mass is 10.1. The predicted octanol–water partition coefficient (Wildman–Crippen LogP) is 3.58. The summed E-state index contributed by atoms with van der Waals surface area (Å²) >= 11 is 1.51. The maximum absolute atomic E-state index is 12.5. The molecule has 144 valence electrons. The van der Waals surface area contributed by atoms with Gasteiger partial charge in [-0.05, 0) is 51.3 Å². The standard InChI is InChI=1S/C20H25N3O3S/c1-12-14(3)23(16-5-6-16)20(22-12)27-11-19(24)21-13(2)15-4-7-17-18(10-15)26-9-8-25-17/h4,7,10,13,16H,5-6,8-9,11H2,1-3H3,(H,21,24). The van der Waals surface area contributed by atoms with E-state index in [1.165, 1.54) is 30.3 Å². The summed E-state index contributed by atoms with van der Waals surface area (Å²) in [6.07, 6.45) is 2.41. The fourth-order valence-electron chi connectivity index (χ4n) is 3.29. The van der Waals surface area contributed by atoms with E-state index in [-0.39, 0.29) is 11.9 Å². The second kappa shape index (κ2) is 7.46. The van der Waals surface area contributed by atoms with Crippen molar-refractivity contribution in [2.75, 3.05) is 19.0 Å². The van der Waals surface area contributed by atoms with Gasteiger partial charge in [-0.1, -0.05) is 17.8 Å². The van der Waals surface area contributed by atoms with Crippen molar-refractivity contribution in [2.24, 2.45) is 0 Å². The highest BCUT2D eigenvalue weighted by Gasteiger charge is 2.29. The molecule has 1 N–H and O–H groups in total. The lowest BCUT2D eigenvalue weighted by molar-refractivity contribution is -0.119. The summed E-state index contributed by atoms with van der Waals surface area (Å²) in [5, 5.41) is 4.02. The number of imidazole rings is 1. The van der Waals surface area contributed by atoms with Crippen LogP contribution in [0.5, 0.6) is 11.5 Å². The third-order valence-electron chi connectivity index (χ3n) is 5.04. The summed E-state index contributed by atoms with van der Waals surface area (Å²) < 4.78 is 13.5. The summed E-state index contributed by atoms with van der Waals surface area (Å²) in [6, 6.07) is 6.28. The molecule has 7 heteroatoms. The number of thioether (sulfide) groups is 1. The van der Waals surface area contributed by atoms with Gasteiger partial charge in [0.2, 0.25) is 5.91 Å². The van der Waals surface area contributed by atoms with Crippen molar-refractivity contribution in [3.05, 3.63) is 35.2 Å². The van der Waals surface area contributed by atoms with Crippen molar-refractivity contribution in [3.63, 3.8) is 0 Å². The number of hydrogen-bond donors (Lipinski definition) is 1. The molecule has 1 aliphatic carbocycles. The first-order valence-corrected chi connectivity index (χ1v) is 10.4. The van der Waals surface area contributed by atoms with Crippen LogP contribution in [-0.4, -0.2) is 34.4 Å². The maximum atomic E-state index is 12.5. The first-order valence-electron chi connectivity index (χ1n) is 9.40. The second-order valence-corrected chi connectivity index (χ2v) is 8.09. The van der Waals surface area contributed by atoms with Gasteiger partial charge < -0.3 is 19.4 Å². The summed E-state index contributed by atoms with van der Waals surface area (Å²) in [5.41, 5.74) is 3.27. The number of benzene rings is 1. The molecule has 2 aromatic rings. The van der Waals surface area contributed by atoms with E-state index < -0.39 is 0 Å². The Labute approximate surface area is 163 Å². The molecular formula is C20H25N3O3S. The van der Waals surface area contributed by atoms with Crippen molar-refractivity contribution >= 4 is 17.7 Å². The highest BCUT2D eigenvalue weighted by Crippen LogP contribution is 2.40. The fourth-order valence-corrected chi connectivity index (χ4v) is 4.26. The number of carbonyl (C=O) groups excluding carboxylic acids is 1. The van der Waals surface area contributed by atoms with Gasteiger partial charge in [0, 0.05) is 11.7 Å². The fraction of sp³-hybridized carbons (Fsp3) is 0.500. The van der Waals surface area contributed by atoms with Crippen LogP contribution in [-0.2, 0) is 4.79 Å². The van der Waals surface area contributed by atoms with Crippen LogP contribution in [0.15, 0.2) is 23.4 Å². The molecular weight excluding hydrogens is 362 g/mol. The molecule has 1 aromatic heterocycles. The lowest BCUT2D eigenvalue weighted by Gasteiger charge is -2.21. The van der Waals surface area contributed by atoms with Crippen LogP contribution in [0.25, 0.3) is 0 Å². The Morgan fingerprint density at radius 3 is 2.78 bits per heavy atom. The molecule has 1 aliphatic heterocycles. The van der Waals surface area contributed by atoms with Crippen molar-refractivity contribution < 1.29 is 14.3 Å². The van der Waals surface area contributed by atoms with Gasteiger partial charge in [-0.3, -0.25) is 4.79 Å². The van der Waals surface area contributed by atoms with Crippen LogP contribution in [0, 0.1) is 13.8 Å². The molecule has 27 heavy (non-hydrogen) atoms. The summed E-state index contributed by atoms with van der Waals surface area (Å²) in [6.45, 7) is 7.25. The number of amides is 1. The number of nitrogens with one attached hydrogen (secondary N) is 1. The largest absolute Gasteiger partial charge is 0.486 e. The zero-order valence-corrected chi connectivity index (χ0v) is 16.8. The van der Waals surface area contributed by atoms with E-state index in [1.807, 2.05) is 32.0 Å². The molecule has 2 aliphatic rings. The molecule has 1 saturated carbocycles. The summed E-state index contributed by atoms with van der Waals surface area (Å²) in [4.78, 5) is 17.1. The van der Waals surface area contributed by atoms with Crippen molar-refractivity contribution in [1.29, 1.82) is 0 Å². The average molecular weight is 388 g/mol. The Bertz CT molecular complexity index is 860. The molecule has 6 nitrogen and oxygen atoms in total. The number of carbonyl (C=O) groups is 1. The highest BCUT2D eigenvalue weighted by molar-refractivity contribution is 7.99. The Morgan fingerprint density at radius 1 is 1.30 bits per heavy atom. The van der Waals surface area contributed by atoms with Crippen LogP contribution in [0.3, 0.4) is 0 Å². The van der Waals surface area contributed by atoms with Crippen LogP contribution >= 0.6 is 11.8 Å². The monoisotopic (exact) mass is 387 g/mol. The average Bonchev–Trinajstić information content (AvgIpc) is 3.46. The van der Waals surface area contributed by atoms with E-state index in [0.29, 0.717) is 25.0 Å². The van der Waals surface area contributed by atoms with Gasteiger partial charge in [0.15, 0.2) is 16.7 Å². The van der Waals surface area contributed by atoms with Crippen molar-refractivity contribution in [2.45, 2.75) is 50.9 Å². The maximum Gasteiger partial charge on any atom is 0.230 e. The second-order valence-electron chi connectivity index (χ2n) is 7.15. The number of aryl methyl sites for hydroxylation is 1. The molecule has 1 fully saturated rings. The zero-order chi connectivity index (χ0) is 19.0. The van der Waals surface area contributed by atoms with E-state index in [4.69, 9.17) is 9.47 Å². The zero-order valence-electron chi connectivity index (χ0n) is 15.9. The number of fused-ring (bicyclic) bond motifs is 1. The van der Waals surface area contributed by atoms with Gasteiger partial charge in [0.05, 0.1) is 17.5 Å². The highest BCUT2D eigenvalue weighted by atomic mass is 32.2. The molecule has 0 saturated heterocycles.